The van der Waals surface area contributed by atoms with Gasteiger partial charge in [-0.25, -0.2) is 4.79 Å². The summed E-state index contributed by atoms with van der Waals surface area (Å²) in [6.07, 6.45) is 3.71. The molecule has 1 atom stereocenters. The third kappa shape index (κ3) is 5.19. The van der Waals surface area contributed by atoms with Crippen molar-refractivity contribution in [1.82, 2.24) is 10.3 Å². The van der Waals surface area contributed by atoms with Gasteiger partial charge < -0.3 is 14.8 Å². The van der Waals surface area contributed by atoms with Crippen molar-refractivity contribution >= 4 is 28.9 Å². The molecule has 1 amide bonds. The van der Waals surface area contributed by atoms with Gasteiger partial charge in [-0.2, -0.15) is 0 Å². The molecule has 148 valence electrons. The third-order valence-electron chi connectivity index (χ3n) is 4.37. The number of fused-ring (bicyclic) bond motifs is 1. The number of hydrogen-bond acceptors (Lipinski definition) is 5. The summed E-state index contributed by atoms with van der Waals surface area (Å²) in [6.45, 7) is 1.81. The Balaban J connectivity index is 1.57. The molecule has 0 saturated heterocycles. The number of nitrogens with one attached hydrogen (secondary N) is 1. The summed E-state index contributed by atoms with van der Waals surface area (Å²) in [5.74, 6) is -0.300. The molecule has 1 aromatic heterocycles. The van der Waals surface area contributed by atoms with Gasteiger partial charge in [0.25, 0.3) is 5.91 Å². The highest BCUT2D eigenvalue weighted by Gasteiger charge is 2.16. The minimum absolute atomic E-state index is 0.280. The zero-order chi connectivity index (χ0) is 20.6. The fourth-order valence-electron chi connectivity index (χ4n) is 2.86. The topological polar surface area (TPSA) is 77.5 Å². The van der Waals surface area contributed by atoms with Crippen LogP contribution in [0.25, 0.3) is 17.0 Å². The molecule has 0 aliphatic heterocycles. The van der Waals surface area contributed by atoms with E-state index in [1.807, 2.05) is 54.6 Å². The highest BCUT2D eigenvalue weighted by molar-refractivity contribution is 5.94. The van der Waals surface area contributed by atoms with E-state index in [-0.39, 0.29) is 12.5 Å². The first-order chi connectivity index (χ1) is 14.1. The number of amides is 1. The number of aromatic nitrogens is 1. The average Bonchev–Trinajstić information content (AvgIpc) is 2.76. The second-order valence-electron chi connectivity index (χ2n) is 6.36. The van der Waals surface area contributed by atoms with Crippen LogP contribution in [0.4, 0.5) is 0 Å². The van der Waals surface area contributed by atoms with Crippen molar-refractivity contribution in [3.05, 3.63) is 78.0 Å². The molecule has 0 aliphatic rings. The molecule has 1 unspecified atom stereocenters. The Morgan fingerprint density at radius 2 is 1.90 bits per heavy atom. The van der Waals surface area contributed by atoms with E-state index in [0.29, 0.717) is 5.75 Å². The van der Waals surface area contributed by atoms with E-state index in [1.54, 1.807) is 19.4 Å². The summed E-state index contributed by atoms with van der Waals surface area (Å²) in [5.41, 5.74) is 2.43. The zero-order valence-corrected chi connectivity index (χ0v) is 16.3. The standard InChI is InChI=1S/C23H22N2O4/c1-16(23(27)25-15-19-7-3-4-11-20(19)28-2)29-21(26)13-12-18-9-5-8-17-10-6-14-24-22(17)18/h3-14,16H,15H2,1-2H3,(H,25,27)/b13-12+. The van der Waals surface area contributed by atoms with Gasteiger partial charge in [0.15, 0.2) is 6.10 Å². The van der Waals surface area contributed by atoms with Crippen LogP contribution >= 0.6 is 0 Å². The number of ether oxygens (including phenoxy) is 2. The number of pyridine rings is 1. The Kier molecular flexibility index (Phi) is 6.58. The Hall–Kier alpha value is -3.67. The Bertz CT molecular complexity index is 1040. The number of esters is 1. The SMILES string of the molecule is COc1ccccc1CNC(=O)C(C)OC(=O)/C=C/c1cccc2cccnc12. The van der Waals surface area contributed by atoms with Crippen molar-refractivity contribution in [2.45, 2.75) is 19.6 Å². The van der Waals surface area contributed by atoms with Crippen molar-refractivity contribution in [2.24, 2.45) is 0 Å². The number of carbonyl (C=O) groups is 2. The molecule has 0 saturated carbocycles. The van der Waals surface area contributed by atoms with Crippen LogP contribution in [0.5, 0.6) is 5.75 Å². The minimum Gasteiger partial charge on any atom is -0.496 e. The summed E-state index contributed by atoms with van der Waals surface area (Å²) in [5, 5.41) is 3.73. The van der Waals surface area contributed by atoms with Crippen molar-refractivity contribution in [3.8, 4) is 5.75 Å². The Morgan fingerprint density at radius 1 is 1.10 bits per heavy atom. The van der Waals surface area contributed by atoms with Gasteiger partial charge >= 0.3 is 5.97 Å². The normalized spacial score (nSPS) is 11.9. The monoisotopic (exact) mass is 390 g/mol. The molecular formula is C23H22N2O4. The summed E-state index contributed by atoms with van der Waals surface area (Å²) in [7, 11) is 1.57. The van der Waals surface area contributed by atoms with Crippen molar-refractivity contribution in [2.75, 3.05) is 7.11 Å². The Morgan fingerprint density at radius 3 is 2.72 bits per heavy atom. The van der Waals surface area contributed by atoms with E-state index in [4.69, 9.17) is 9.47 Å². The average molecular weight is 390 g/mol. The third-order valence-corrected chi connectivity index (χ3v) is 4.37. The summed E-state index contributed by atoms with van der Waals surface area (Å²) >= 11 is 0. The van der Waals surface area contributed by atoms with Gasteiger partial charge in [-0.1, -0.05) is 42.5 Å². The quantitative estimate of drug-likeness (QED) is 0.493. The molecule has 0 aliphatic carbocycles. The van der Waals surface area contributed by atoms with Crippen LogP contribution in [0.15, 0.2) is 66.9 Å². The molecule has 2 aromatic carbocycles. The van der Waals surface area contributed by atoms with E-state index < -0.39 is 12.1 Å². The Labute approximate surface area is 169 Å². The molecule has 0 radical (unpaired) electrons. The number of para-hydroxylation sites is 2. The fraction of sp³-hybridized carbons (Fsp3) is 0.174. The molecule has 3 rings (SSSR count). The maximum atomic E-state index is 12.2. The molecule has 6 nitrogen and oxygen atoms in total. The van der Waals surface area contributed by atoms with E-state index in [2.05, 4.69) is 10.3 Å². The van der Waals surface area contributed by atoms with Crippen LogP contribution in [0, 0.1) is 0 Å². The molecule has 0 spiro atoms. The highest BCUT2D eigenvalue weighted by Crippen LogP contribution is 2.18. The number of carbonyl (C=O) groups excluding carboxylic acids is 2. The van der Waals surface area contributed by atoms with Gasteiger partial charge in [0.1, 0.15) is 5.75 Å². The van der Waals surface area contributed by atoms with E-state index in [0.717, 1.165) is 22.0 Å². The minimum atomic E-state index is -0.924. The number of methoxy groups -OCH3 is 1. The van der Waals surface area contributed by atoms with Crippen LogP contribution in [0.1, 0.15) is 18.1 Å². The molecule has 1 N–H and O–H groups in total. The molecule has 1 heterocycles. The van der Waals surface area contributed by atoms with Crippen LogP contribution in [-0.2, 0) is 20.9 Å². The fourth-order valence-corrected chi connectivity index (χ4v) is 2.86. The number of rotatable bonds is 7. The lowest BCUT2D eigenvalue weighted by Crippen LogP contribution is -2.35. The van der Waals surface area contributed by atoms with Crippen LogP contribution in [0.2, 0.25) is 0 Å². The van der Waals surface area contributed by atoms with Gasteiger partial charge in [-0.05, 0) is 25.1 Å². The molecule has 3 aromatic rings. The number of benzene rings is 2. The lowest BCUT2D eigenvalue weighted by Gasteiger charge is -2.13. The van der Waals surface area contributed by atoms with Crippen molar-refractivity contribution < 1.29 is 19.1 Å². The van der Waals surface area contributed by atoms with Crippen molar-refractivity contribution in [3.63, 3.8) is 0 Å². The first-order valence-corrected chi connectivity index (χ1v) is 9.20. The van der Waals surface area contributed by atoms with Gasteiger partial charge in [0, 0.05) is 35.3 Å². The summed E-state index contributed by atoms with van der Waals surface area (Å²) in [6, 6.07) is 16.9. The molecule has 0 bridgehead atoms. The van der Waals surface area contributed by atoms with Gasteiger partial charge in [0.05, 0.1) is 12.6 Å². The first-order valence-electron chi connectivity index (χ1n) is 9.20. The van der Waals surface area contributed by atoms with Gasteiger partial charge in [-0.15, -0.1) is 0 Å². The second-order valence-corrected chi connectivity index (χ2v) is 6.36. The van der Waals surface area contributed by atoms with Crippen molar-refractivity contribution in [1.29, 1.82) is 0 Å². The summed E-state index contributed by atoms with van der Waals surface area (Å²) in [4.78, 5) is 28.7. The largest absolute Gasteiger partial charge is 0.496 e. The predicted molar refractivity (Wildman–Crippen MR) is 111 cm³/mol. The van der Waals surface area contributed by atoms with Crippen LogP contribution in [-0.4, -0.2) is 30.1 Å². The maximum absolute atomic E-state index is 12.2. The van der Waals surface area contributed by atoms with E-state index in [9.17, 15) is 9.59 Å². The molecule has 0 fully saturated rings. The van der Waals surface area contributed by atoms with Crippen LogP contribution < -0.4 is 10.1 Å². The van der Waals surface area contributed by atoms with Crippen LogP contribution in [0.3, 0.4) is 0 Å². The molecular weight excluding hydrogens is 368 g/mol. The molecule has 29 heavy (non-hydrogen) atoms. The van der Waals surface area contributed by atoms with E-state index in [1.165, 1.54) is 13.0 Å². The lowest BCUT2D eigenvalue weighted by molar-refractivity contribution is -0.150. The maximum Gasteiger partial charge on any atom is 0.331 e. The first kappa shape index (κ1) is 20.1. The smallest absolute Gasteiger partial charge is 0.331 e. The van der Waals surface area contributed by atoms with Gasteiger partial charge in [0.2, 0.25) is 0 Å². The summed E-state index contributed by atoms with van der Waals surface area (Å²) < 4.78 is 10.5. The molecule has 6 heteroatoms. The predicted octanol–water partition coefficient (Wildman–Crippen LogP) is 3.50. The zero-order valence-electron chi connectivity index (χ0n) is 16.3. The number of hydrogen-bond donors (Lipinski definition) is 1. The second kappa shape index (κ2) is 9.50. The van der Waals surface area contributed by atoms with Gasteiger partial charge in [-0.3, -0.25) is 9.78 Å². The highest BCUT2D eigenvalue weighted by atomic mass is 16.5. The lowest BCUT2D eigenvalue weighted by atomic mass is 10.1. The number of nitrogens with zero attached hydrogens (tertiary/aromatic N) is 1. The van der Waals surface area contributed by atoms with E-state index >= 15 is 0 Å².